The molecule has 0 saturated heterocycles. The van der Waals surface area contributed by atoms with Gasteiger partial charge in [0.25, 0.3) is 0 Å². The van der Waals surface area contributed by atoms with Gasteiger partial charge in [-0.2, -0.15) is 0 Å². The quantitative estimate of drug-likeness (QED) is 0.932. The first-order valence-electron chi connectivity index (χ1n) is 4.91. The van der Waals surface area contributed by atoms with Crippen molar-refractivity contribution in [3.63, 3.8) is 0 Å². The van der Waals surface area contributed by atoms with E-state index in [1.807, 2.05) is 36.4 Å². The highest BCUT2D eigenvalue weighted by Crippen LogP contribution is 2.24. The molecule has 16 heavy (non-hydrogen) atoms. The molecule has 0 amide bonds. The standard InChI is InChI=1S/C12H11BrClNO/c13-12-6-5-11(16-12)10(15)7-8-3-1-2-4-9(8)14/h1-6,10H,7,15H2. The van der Waals surface area contributed by atoms with E-state index in [0.29, 0.717) is 11.1 Å². The van der Waals surface area contributed by atoms with Crippen molar-refractivity contribution in [2.24, 2.45) is 5.73 Å². The summed E-state index contributed by atoms with van der Waals surface area (Å²) in [5.41, 5.74) is 7.07. The third-order valence-electron chi connectivity index (χ3n) is 2.36. The van der Waals surface area contributed by atoms with Gasteiger partial charge in [0.15, 0.2) is 4.67 Å². The molecule has 2 aromatic rings. The van der Waals surface area contributed by atoms with Crippen LogP contribution in [0, 0.1) is 0 Å². The number of furan rings is 1. The Morgan fingerprint density at radius 1 is 1.25 bits per heavy atom. The molecule has 0 saturated carbocycles. The lowest BCUT2D eigenvalue weighted by Crippen LogP contribution is -2.12. The fourth-order valence-corrected chi connectivity index (χ4v) is 2.06. The molecule has 2 N–H and O–H groups in total. The molecule has 0 bridgehead atoms. The largest absolute Gasteiger partial charge is 0.453 e. The Morgan fingerprint density at radius 2 is 2.00 bits per heavy atom. The zero-order chi connectivity index (χ0) is 11.5. The molecular weight excluding hydrogens is 289 g/mol. The summed E-state index contributed by atoms with van der Waals surface area (Å²) in [5, 5.41) is 0.739. The van der Waals surface area contributed by atoms with E-state index in [4.69, 9.17) is 21.8 Å². The van der Waals surface area contributed by atoms with Gasteiger partial charge < -0.3 is 10.2 Å². The summed E-state index contributed by atoms with van der Waals surface area (Å²) in [7, 11) is 0. The fraction of sp³-hybridized carbons (Fsp3) is 0.167. The van der Waals surface area contributed by atoms with Crippen molar-refractivity contribution in [1.82, 2.24) is 0 Å². The van der Waals surface area contributed by atoms with Crippen LogP contribution in [0.5, 0.6) is 0 Å². The Kier molecular flexibility index (Phi) is 3.69. The van der Waals surface area contributed by atoms with Gasteiger partial charge in [0.1, 0.15) is 5.76 Å². The summed E-state index contributed by atoms with van der Waals surface area (Å²) in [4.78, 5) is 0. The molecule has 0 aliphatic carbocycles. The molecule has 0 aliphatic heterocycles. The molecule has 84 valence electrons. The second kappa shape index (κ2) is 5.04. The van der Waals surface area contributed by atoms with E-state index in [9.17, 15) is 0 Å². The third kappa shape index (κ3) is 2.67. The van der Waals surface area contributed by atoms with Gasteiger partial charge in [0.05, 0.1) is 6.04 Å². The number of benzene rings is 1. The molecule has 2 nitrogen and oxygen atoms in total. The lowest BCUT2D eigenvalue weighted by molar-refractivity contribution is 0.448. The minimum absolute atomic E-state index is 0.175. The molecule has 1 heterocycles. The Labute approximate surface area is 108 Å². The molecule has 1 unspecified atom stereocenters. The topological polar surface area (TPSA) is 39.2 Å². The van der Waals surface area contributed by atoms with Crippen LogP contribution in [0.2, 0.25) is 5.02 Å². The normalized spacial score (nSPS) is 12.7. The molecule has 0 aliphatic rings. The van der Waals surface area contributed by atoms with Crippen molar-refractivity contribution >= 4 is 27.5 Å². The van der Waals surface area contributed by atoms with Crippen molar-refractivity contribution in [3.05, 3.63) is 57.4 Å². The molecule has 0 fully saturated rings. The number of rotatable bonds is 3. The molecule has 4 heteroatoms. The van der Waals surface area contributed by atoms with E-state index in [-0.39, 0.29) is 6.04 Å². The second-order valence-electron chi connectivity index (χ2n) is 3.54. The van der Waals surface area contributed by atoms with E-state index in [1.165, 1.54) is 0 Å². The molecule has 1 aromatic heterocycles. The molecular formula is C12H11BrClNO. The molecule has 1 atom stereocenters. The average molecular weight is 301 g/mol. The smallest absolute Gasteiger partial charge is 0.169 e. The summed E-state index contributed by atoms with van der Waals surface area (Å²) in [6.07, 6.45) is 0.666. The molecule has 0 radical (unpaired) electrons. The van der Waals surface area contributed by atoms with Crippen molar-refractivity contribution in [1.29, 1.82) is 0 Å². The Morgan fingerprint density at radius 3 is 2.62 bits per heavy atom. The number of halogens is 2. The van der Waals surface area contributed by atoms with Crippen molar-refractivity contribution in [3.8, 4) is 0 Å². The maximum Gasteiger partial charge on any atom is 0.169 e. The SMILES string of the molecule is NC(Cc1ccccc1Cl)c1ccc(Br)o1. The summed E-state index contributed by atoms with van der Waals surface area (Å²) < 4.78 is 6.10. The minimum atomic E-state index is -0.175. The van der Waals surface area contributed by atoms with Crippen LogP contribution in [0.3, 0.4) is 0 Å². The van der Waals surface area contributed by atoms with Gasteiger partial charge in [-0.05, 0) is 46.1 Å². The minimum Gasteiger partial charge on any atom is -0.453 e. The first kappa shape index (κ1) is 11.7. The van der Waals surface area contributed by atoms with Crippen LogP contribution in [0.4, 0.5) is 0 Å². The first-order chi connectivity index (χ1) is 7.66. The van der Waals surface area contributed by atoms with E-state index in [1.54, 1.807) is 0 Å². The summed E-state index contributed by atoms with van der Waals surface area (Å²) in [5.74, 6) is 0.756. The summed E-state index contributed by atoms with van der Waals surface area (Å²) in [6.45, 7) is 0. The zero-order valence-corrected chi connectivity index (χ0v) is 10.8. The predicted molar refractivity (Wildman–Crippen MR) is 68.5 cm³/mol. The lowest BCUT2D eigenvalue weighted by atomic mass is 10.0. The fourth-order valence-electron chi connectivity index (χ4n) is 1.53. The third-order valence-corrected chi connectivity index (χ3v) is 3.15. The van der Waals surface area contributed by atoms with Crippen LogP contribution < -0.4 is 5.73 Å². The second-order valence-corrected chi connectivity index (χ2v) is 4.73. The van der Waals surface area contributed by atoms with Crippen LogP contribution in [0.25, 0.3) is 0 Å². The monoisotopic (exact) mass is 299 g/mol. The van der Waals surface area contributed by atoms with E-state index in [0.717, 1.165) is 16.3 Å². The van der Waals surface area contributed by atoms with Crippen LogP contribution in [0.15, 0.2) is 45.5 Å². The zero-order valence-electron chi connectivity index (χ0n) is 8.49. The van der Waals surface area contributed by atoms with Gasteiger partial charge in [-0.3, -0.25) is 0 Å². The number of nitrogens with two attached hydrogens (primary N) is 1. The maximum absolute atomic E-state index is 6.07. The summed E-state index contributed by atoms with van der Waals surface area (Å²) >= 11 is 9.32. The number of hydrogen-bond donors (Lipinski definition) is 1. The van der Waals surface area contributed by atoms with Gasteiger partial charge in [-0.15, -0.1) is 0 Å². The van der Waals surface area contributed by atoms with Crippen molar-refractivity contribution in [2.75, 3.05) is 0 Å². The van der Waals surface area contributed by atoms with Gasteiger partial charge in [-0.25, -0.2) is 0 Å². The highest BCUT2D eigenvalue weighted by atomic mass is 79.9. The van der Waals surface area contributed by atoms with E-state index >= 15 is 0 Å². The van der Waals surface area contributed by atoms with Gasteiger partial charge >= 0.3 is 0 Å². The van der Waals surface area contributed by atoms with Gasteiger partial charge in [0, 0.05) is 5.02 Å². The van der Waals surface area contributed by atoms with Gasteiger partial charge in [-0.1, -0.05) is 29.8 Å². The molecule has 0 spiro atoms. The van der Waals surface area contributed by atoms with E-state index < -0.39 is 0 Å². The van der Waals surface area contributed by atoms with Crippen LogP contribution in [-0.4, -0.2) is 0 Å². The summed E-state index contributed by atoms with van der Waals surface area (Å²) in [6, 6.07) is 11.2. The predicted octanol–water partition coefficient (Wildman–Crippen LogP) is 3.94. The average Bonchev–Trinajstić information content (AvgIpc) is 2.68. The Balaban J connectivity index is 2.13. The maximum atomic E-state index is 6.07. The first-order valence-corrected chi connectivity index (χ1v) is 6.08. The Hall–Kier alpha value is -0.770. The van der Waals surface area contributed by atoms with Crippen molar-refractivity contribution < 1.29 is 4.42 Å². The van der Waals surface area contributed by atoms with E-state index in [2.05, 4.69) is 15.9 Å². The molecule has 2 rings (SSSR count). The Bertz CT molecular complexity index is 483. The number of hydrogen-bond acceptors (Lipinski definition) is 2. The van der Waals surface area contributed by atoms with Gasteiger partial charge in [0.2, 0.25) is 0 Å². The van der Waals surface area contributed by atoms with Crippen molar-refractivity contribution in [2.45, 2.75) is 12.5 Å². The highest BCUT2D eigenvalue weighted by Gasteiger charge is 2.12. The van der Waals surface area contributed by atoms with Crippen LogP contribution >= 0.6 is 27.5 Å². The molecule has 1 aromatic carbocycles. The lowest BCUT2D eigenvalue weighted by Gasteiger charge is -2.09. The van der Waals surface area contributed by atoms with Crippen LogP contribution in [-0.2, 0) is 6.42 Å². The highest BCUT2D eigenvalue weighted by molar-refractivity contribution is 9.10. The van der Waals surface area contributed by atoms with Crippen LogP contribution in [0.1, 0.15) is 17.4 Å².